The molecule has 6 nitrogen and oxygen atoms in total. The molecule has 0 aromatic carbocycles. The second kappa shape index (κ2) is 8.14. The predicted molar refractivity (Wildman–Crippen MR) is 96.3 cm³/mol. The lowest BCUT2D eigenvalue weighted by molar-refractivity contribution is 0.0604. The van der Waals surface area contributed by atoms with E-state index in [0.717, 1.165) is 5.69 Å². The first kappa shape index (κ1) is 19.0. The van der Waals surface area contributed by atoms with Gasteiger partial charge in [0.25, 0.3) is 5.91 Å². The molecule has 0 aliphatic heterocycles. The van der Waals surface area contributed by atoms with E-state index >= 15 is 0 Å². The maximum absolute atomic E-state index is 13.1. The predicted octanol–water partition coefficient (Wildman–Crippen LogP) is 3.25. The summed E-state index contributed by atoms with van der Waals surface area (Å²) >= 11 is 0. The van der Waals surface area contributed by atoms with Crippen LogP contribution in [0.3, 0.4) is 0 Å². The van der Waals surface area contributed by atoms with E-state index in [1.54, 1.807) is 23.3 Å². The van der Waals surface area contributed by atoms with Crippen molar-refractivity contribution in [2.45, 2.75) is 53.6 Å². The van der Waals surface area contributed by atoms with Crippen molar-refractivity contribution in [3.8, 4) is 0 Å². The van der Waals surface area contributed by atoms with Crippen LogP contribution in [0, 0.1) is 11.8 Å². The molecule has 0 spiro atoms. The molecule has 2 aromatic heterocycles. The number of nitrogens with one attached hydrogen (secondary N) is 1. The van der Waals surface area contributed by atoms with Crippen LogP contribution < -0.4 is 5.69 Å². The third-order valence-electron chi connectivity index (χ3n) is 4.27. The number of H-pyrrole nitrogens is 1. The molecule has 2 heterocycles. The maximum Gasteiger partial charge on any atom is 0.345 e. The zero-order valence-electron chi connectivity index (χ0n) is 15.6. The number of aromatic amines is 1. The van der Waals surface area contributed by atoms with Crippen LogP contribution in [-0.2, 0) is 13.0 Å². The first-order valence-corrected chi connectivity index (χ1v) is 8.71. The van der Waals surface area contributed by atoms with Gasteiger partial charge in [-0.15, -0.1) is 0 Å². The van der Waals surface area contributed by atoms with Crippen molar-refractivity contribution < 1.29 is 9.21 Å². The van der Waals surface area contributed by atoms with Crippen molar-refractivity contribution >= 4 is 5.91 Å². The van der Waals surface area contributed by atoms with Crippen molar-refractivity contribution in [3.63, 3.8) is 0 Å². The summed E-state index contributed by atoms with van der Waals surface area (Å²) in [6.07, 6.45) is 2.28. The van der Waals surface area contributed by atoms with Crippen LogP contribution in [0.4, 0.5) is 0 Å². The first-order chi connectivity index (χ1) is 11.8. The van der Waals surface area contributed by atoms with Crippen molar-refractivity contribution in [1.29, 1.82) is 0 Å². The van der Waals surface area contributed by atoms with Gasteiger partial charge in [0.1, 0.15) is 11.5 Å². The minimum absolute atomic E-state index is 0.0211. The molecule has 0 radical (unpaired) electrons. The highest BCUT2D eigenvalue weighted by Gasteiger charge is 2.26. The van der Waals surface area contributed by atoms with Crippen LogP contribution >= 0.6 is 0 Å². The maximum atomic E-state index is 13.1. The van der Waals surface area contributed by atoms with Gasteiger partial charge in [-0.2, -0.15) is 4.98 Å². The Hall–Kier alpha value is -2.37. The molecule has 0 saturated heterocycles. The number of furan rings is 1. The summed E-state index contributed by atoms with van der Waals surface area (Å²) in [4.78, 5) is 33.3. The normalized spacial score (nSPS) is 12.6. The van der Waals surface area contributed by atoms with Crippen LogP contribution in [-0.4, -0.2) is 26.8 Å². The molecule has 25 heavy (non-hydrogen) atoms. The van der Waals surface area contributed by atoms with Gasteiger partial charge in [-0.3, -0.25) is 4.79 Å². The van der Waals surface area contributed by atoms with E-state index in [0.29, 0.717) is 24.6 Å². The van der Waals surface area contributed by atoms with Crippen LogP contribution in [0.1, 0.15) is 56.6 Å². The Morgan fingerprint density at radius 3 is 2.56 bits per heavy atom. The Morgan fingerprint density at radius 2 is 2.00 bits per heavy atom. The van der Waals surface area contributed by atoms with Gasteiger partial charge in [-0.1, -0.05) is 27.7 Å². The summed E-state index contributed by atoms with van der Waals surface area (Å²) in [5.74, 6) is 1.08. The molecule has 2 aromatic rings. The van der Waals surface area contributed by atoms with E-state index < -0.39 is 5.69 Å². The molecule has 0 bridgehead atoms. The van der Waals surface area contributed by atoms with Gasteiger partial charge in [0.05, 0.1) is 12.8 Å². The van der Waals surface area contributed by atoms with E-state index in [1.165, 1.54) is 0 Å². The molecule has 1 amide bonds. The fraction of sp³-hybridized carbons (Fsp3) is 0.526. The molecular formula is C19H27N3O3. The monoisotopic (exact) mass is 345 g/mol. The van der Waals surface area contributed by atoms with E-state index in [2.05, 4.69) is 37.7 Å². The average molecular weight is 345 g/mol. The van der Waals surface area contributed by atoms with E-state index in [9.17, 15) is 9.59 Å². The molecule has 0 fully saturated rings. The van der Waals surface area contributed by atoms with Crippen molar-refractivity contribution in [3.05, 3.63) is 52.1 Å². The molecule has 136 valence electrons. The number of rotatable bonds is 7. The fourth-order valence-corrected chi connectivity index (χ4v) is 2.65. The molecular weight excluding hydrogens is 318 g/mol. The van der Waals surface area contributed by atoms with Gasteiger partial charge < -0.3 is 14.3 Å². The first-order valence-electron chi connectivity index (χ1n) is 8.71. The summed E-state index contributed by atoms with van der Waals surface area (Å²) in [6.45, 7) is 10.6. The molecule has 0 saturated carbocycles. The summed E-state index contributed by atoms with van der Waals surface area (Å²) in [7, 11) is 0. The molecule has 0 unspecified atom stereocenters. The van der Waals surface area contributed by atoms with Gasteiger partial charge in [0.2, 0.25) is 0 Å². The lowest BCUT2D eigenvalue weighted by Gasteiger charge is -2.31. The smallest absolute Gasteiger partial charge is 0.345 e. The topological polar surface area (TPSA) is 79.2 Å². The number of hydrogen-bond acceptors (Lipinski definition) is 4. The minimum Gasteiger partial charge on any atom is -0.467 e. The highest BCUT2D eigenvalue weighted by molar-refractivity contribution is 5.92. The van der Waals surface area contributed by atoms with Crippen molar-refractivity contribution in [2.24, 2.45) is 11.8 Å². The summed E-state index contributed by atoms with van der Waals surface area (Å²) in [5.41, 5.74) is 0.420. The summed E-state index contributed by atoms with van der Waals surface area (Å²) < 4.78 is 5.40. The molecule has 0 aliphatic rings. The average Bonchev–Trinajstić information content (AvgIpc) is 3.03. The van der Waals surface area contributed by atoms with Crippen molar-refractivity contribution in [2.75, 3.05) is 0 Å². The summed E-state index contributed by atoms with van der Waals surface area (Å²) in [6, 6.07) is 5.30. The Kier molecular flexibility index (Phi) is 6.17. The van der Waals surface area contributed by atoms with Gasteiger partial charge in [-0.05, 0) is 43.4 Å². The third kappa shape index (κ3) is 5.05. The van der Waals surface area contributed by atoms with Crippen LogP contribution in [0.25, 0.3) is 0 Å². The second-order valence-corrected chi connectivity index (χ2v) is 7.19. The number of amides is 1. The minimum atomic E-state index is -0.489. The van der Waals surface area contributed by atoms with E-state index in [4.69, 9.17) is 4.42 Å². The second-order valence-electron chi connectivity index (χ2n) is 7.19. The Balaban J connectivity index is 2.35. The van der Waals surface area contributed by atoms with Gasteiger partial charge >= 0.3 is 5.69 Å². The van der Waals surface area contributed by atoms with E-state index in [1.807, 2.05) is 13.0 Å². The molecule has 6 heteroatoms. The van der Waals surface area contributed by atoms with Gasteiger partial charge in [0, 0.05) is 11.7 Å². The number of hydrogen-bond donors (Lipinski definition) is 1. The molecule has 1 N–H and O–H groups in total. The van der Waals surface area contributed by atoms with Gasteiger partial charge in [-0.25, -0.2) is 4.79 Å². The highest BCUT2D eigenvalue weighted by Crippen LogP contribution is 2.18. The van der Waals surface area contributed by atoms with Crippen molar-refractivity contribution in [1.82, 2.24) is 14.9 Å². The zero-order valence-corrected chi connectivity index (χ0v) is 15.6. The quantitative estimate of drug-likeness (QED) is 0.835. The third-order valence-corrected chi connectivity index (χ3v) is 4.27. The Morgan fingerprint density at radius 1 is 1.28 bits per heavy atom. The highest BCUT2D eigenvalue weighted by atomic mass is 16.3. The van der Waals surface area contributed by atoms with Crippen LogP contribution in [0.5, 0.6) is 0 Å². The number of nitrogens with zero attached hydrogens (tertiary/aromatic N) is 2. The molecule has 0 aliphatic carbocycles. The number of carbonyl (C=O) groups is 1. The Bertz CT molecular complexity index is 748. The lowest BCUT2D eigenvalue weighted by Crippen LogP contribution is -2.42. The van der Waals surface area contributed by atoms with Gasteiger partial charge in [0.15, 0.2) is 0 Å². The summed E-state index contributed by atoms with van der Waals surface area (Å²) in [5, 5.41) is 0. The number of carbonyl (C=O) groups excluding carboxylic acids is 1. The van der Waals surface area contributed by atoms with E-state index in [-0.39, 0.29) is 23.6 Å². The molecule has 1 atom stereocenters. The number of aromatic nitrogens is 2. The molecule has 2 rings (SSSR count). The zero-order chi connectivity index (χ0) is 18.6. The lowest BCUT2D eigenvalue weighted by atomic mass is 10.0. The standard InChI is InChI=1S/C19H27N3O3/c1-12(2)9-15-10-17(21-19(24)20-15)18(23)22(14(5)13(3)4)11-16-7-6-8-25-16/h6-8,10,12-14H,9,11H2,1-5H3,(H,20,21,24)/t14-/m0/s1. The SMILES string of the molecule is CC(C)Cc1cc(C(=O)N(Cc2ccco2)[C@@H](C)C(C)C)nc(=O)[nH]1. The van der Waals surface area contributed by atoms with Crippen LogP contribution in [0.2, 0.25) is 0 Å². The fourth-order valence-electron chi connectivity index (χ4n) is 2.65. The largest absolute Gasteiger partial charge is 0.467 e. The Labute approximate surface area is 148 Å². The van der Waals surface area contributed by atoms with Crippen LogP contribution in [0.15, 0.2) is 33.7 Å².